The Bertz CT molecular complexity index is 24.0. The summed E-state index contributed by atoms with van der Waals surface area (Å²) in [5, 5.41) is 28.8. The van der Waals surface area contributed by atoms with Gasteiger partial charge in [-0.2, -0.15) is 0 Å². The van der Waals surface area contributed by atoms with Crippen molar-refractivity contribution in [3.63, 3.8) is 0 Å². The van der Waals surface area contributed by atoms with Crippen molar-refractivity contribution in [2.24, 2.45) is 0 Å². The van der Waals surface area contributed by atoms with Crippen molar-refractivity contribution < 1.29 is 51.8 Å². The first-order valence-electron chi connectivity index (χ1n) is 0.894. The maximum atomic E-state index is 7.19. The van der Waals surface area contributed by atoms with Gasteiger partial charge in [-0.3, -0.25) is 0 Å². The van der Waals surface area contributed by atoms with Gasteiger partial charge in [0, 0.05) is 20.4 Å². The molecule has 0 heterocycles. The molecule has 0 aliphatic rings. The smallest absolute Gasteiger partial charge is 0.402 e. The number of hydrogen-bond donors (Lipinski definition) is 4. The van der Waals surface area contributed by atoms with E-state index in [1.807, 2.05) is 0 Å². The summed E-state index contributed by atoms with van der Waals surface area (Å²) in [4.78, 5) is 0. The third-order valence-electron chi connectivity index (χ3n) is 0. The normalized spacial score (nSPS) is 7.50. The van der Waals surface area contributed by atoms with E-state index in [4.69, 9.17) is 20.4 Å². The van der Waals surface area contributed by atoms with Gasteiger partial charge in [-0.05, 0) is 0 Å². The van der Waals surface area contributed by atoms with Crippen LogP contribution in [0, 0.1) is 0 Å². The van der Waals surface area contributed by atoms with E-state index in [9.17, 15) is 0 Å². The SMILES string of the molecule is O.O.OC(O)(O)O.[Pd]. The van der Waals surface area contributed by atoms with Gasteiger partial charge < -0.3 is 31.4 Å². The van der Waals surface area contributed by atoms with Crippen LogP contribution in [-0.2, 0) is 20.4 Å². The second kappa shape index (κ2) is 7.42. The van der Waals surface area contributed by atoms with E-state index in [0.29, 0.717) is 0 Å². The average Bonchev–Trinajstić information content (AvgIpc) is 0.722. The molecule has 7 heteroatoms. The Hall–Kier alpha value is 0.422. The molecule has 58 valence electrons. The van der Waals surface area contributed by atoms with E-state index in [1.54, 1.807) is 0 Å². The van der Waals surface area contributed by atoms with E-state index >= 15 is 0 Å². The Morgan fingerprint density at radius 1 is 0.750 bits per heavy atom. The standard InChI is InChI=1S/CH4O4.2H2O.Pd/c2-1(3,4)5;;;/h2-5H;2*1H2;. The zero-order valence-electron chi connectivity index (χ0n) is 3.61. The van der Waals surface area contributed by atoms with E-state index in [0.717, 1.165) is 0 Å². The molecule has 0 amide bonds. The Balaban J connectivity index is -0.0000000267. The van der Waals surface area contributed by atoms with Crippen LogP contribution in [-0.4, -0.2) is 37.5 Å². The minimum atomic E-state index is -3.50. The van der Waals surface area contributed by atoms with Gasteiger partial charge in [-0.15, -0.1) is 0 Å². The molecule has 8 heavy (non-hydrogen) atoms. The molecule has 0 atom stereocenters. The van der Waals surface area contributed by atoms with E-state index in [2.05, 4.69) is 0 Å². The molecule has 0 fully saturated rings. The summed E-state index contributed by atoms with van der Waals surface area (Å²) < 4.78 is 0. The Kier molecular flexibility index (Phi) is 22.0. The topological polar surface area (TPSA) is 144 Å². The summed E-state index contributed by atoms with van der Waals surface area (Å²) in [5.41, 5.74) is 0. The molecule has 8 N–H and O–H groups in total. The molecule has 0 aromatic heterocycles. The third-order valence-corrected chi connectivity index (χ3v) is 0. The van der Waals surface area contributed by atoms with Gasteiger partial charge in [0.15, 0.2) is 0 Å². The van der Waals surface area contributed by atoms with Crippen LogP contribution >= 0.6 is 0 Å². The number of hydrogen-bond acceptors (Lipinski definition) is 4. The predicted molar refractivity (Wildman–Crippen MR) is 18.8 cm³/mol. The van der Waals surface area contributed by atoms with Crippen molar-refractivity contribution in [1.82, 2.24) is 0 Å². The molecule has 0 rings (SSSR count). The van der Waals surface area contributed by atoms with Crippen LogP contribution in [0.15, 0.2) is 0 Å². The molecule has 0 aliphatic heterocycles. The van der Waals surface area contributed by atoms with Crippen molar-refractivity contribution in [2.75, 3.05) is 0 Å². The Morgan fingerprint density at radius 2 is 0.750 bits per heavy atom. The third kappa shape index (κ3) is 1060. The molecule has 0 unspecified atom stereocenters. The van der Waals surface area contributed by atoms with Crippen LogP contribution in [0.3, 0.4) is 0 Å². The predicted octanol–water partition coefficient (Wildman–Crippen LogP) is -4.08. The first kappa shape index (κ1) is 23.7. The average molecular weight is 222 g/mol. The van der Waals surface area contributed by atoms with Gasteiger partial charge >= 0.3 is 6.16 Å². The number of aliphatic hydroxyl groups is 4. The number of rotatable bonds is 0. The van der Waals surface area contributed by atoms with Gasteiger partial charge in [0.1, 0.15) is 0 Å². The molecule has 0 saturated heterocycles. The fourth-order valence-electron chi connectivity index (χ4n) is 0. The summed E-state index contributed by atoms with van der Waals surface area (Å²) in [5.74, 6) is 0. The van der Waals surface area contributed by atoms with Gasteiger partial charge in [0.2, 0.25) is 0 Å². The fourth-order valence-corrected chi connectivity index (χ4v) is 0. The summed E-state index contributed by atoms with van der Waals surface area (Å²) in [6, 6.07) is 0. The van der Waals surface area contributed by atoms with Gasteiger partial charge in [-0.1, -0.05) is 0 Å². The van der Waals surface area contributed by atoms with Crippen molar-refractivity contribution in [1.29, 1.82) is 0 Å². The van der Waals surface area contributed by atoms with Crippen molar-refractivity contribution >= 4 is 0 Å². The first-order chi connectivity index (χ1) is 2.00. The molecule has 0 saturated carbocycles. The molecule has 0 aliphatic carbocycles. The van der Waals surface area contributed by atoms with Crippen molar-refractivity contribution in [2.45, 2.75) is 6.16 Å². The zero-order valence-corrected chi connectivity index (χ0v) is 5.16. The van der Waals surface area contributed by atoms with Crippen LogP contribution in [0.4, 0.5) is 0 Å². The monoisotopic (exact) mass is 222 g/mol. The largest absolute Gasteiger partial charge is 0.412 e. The second-order valence-corrected chi connectivity index (χ2v) is 0.600. The first-order valence-corrected chi connectivity index (χ1v) is 0.894. The quantitative estimate of drug-likeness (QED) is 0.244. The van der Waals surface area contributed by atoms with Gasteiger partial charge in [0.25, 0.3) is 0 Å². The molecular formula is CH8O6Pd. The molecule has 0 radical (unpaired) electrons. The van der Waals surface area contributed by atoms with Crippen LogP contribution in [0.1, 0.15) is 0 Å². The molecule has 0 aromatic rings. The van der Waals surface area contributed by atoms with Crippen LogP contribution < -0.4 is 0 Å². The molecule has 0 bridgehead atoms. The second-order valence-electron chi connectivity index (χ2n) is 0.600. The minimum absolute atomic E-state index is 0. The molecular weight excluding hydrogens is 214 g/mol. The van der Waals surface area contributed by atoms with Gasteiger partial charge in [0.05, 0.1) is 0 Å². The van der Waals surface area contributed by atoms with Crippen LogP contribution in [0.5, 0.6) is 0 Å². The van der Waals surface area contributed by atoms with Crippen molar-refractivity contribution in [3.05, 3.63) is 0 Å². The van der Waals surface area contributed by atoms with E-state index < -0.39 is 6.16 Å². The summed E-state index contributed by atoms with van der Waals surface area (Å²) in [6.07, 6.45) is -3.50. The van der Waals surface area contributed by atoms with Crippen LogP contribution in [0.2, 0.25) is 0 Å². The Morgan fingerprint density at radius 3 is 0.750 bits per heavy atom. The summed E-state index contributed by atoms with van der Waals surface area (Å²) >= 11 is 0. The zero-order chi connectivity index (χ0) is 4.50. The van der Waals surface area contributed by atoms with E-state index in [1.165, 1.54) is 0 Å². The fraction of sp³-hybridized carbons (Fsp3) is 1.00. The molecule has 6 nitrogen and oxygen atoms in total. The van der Waals surface area contributed by atoms with Crippen LogP contribution in [0.25, 0.3) is 0 Å². The minimum Gasteiger partial charge on any atom is -0.412 e. The summed E-state index contributed by atoms with van der Waals surface area (Å²) in [6.45, 7) is 0. The maximum Gasteiger partial charge on any atom is 0.402 e. The van der Waals surface area contributed by atoms with E-state index in [-0.39, 0.29) is 31.4 Å². The van der Waals surface area contributed by atoms with Gasteiger partial charge in [-0.25, -0.2) is 0 Å². The van der Waals surface area contributed by atoms with Crippen molar-refractivity contribution in [3.8, 4) is 0 Å². The maximum absolute atomic E-state index is 7.19. The Labute approximate surface area is 58.7 Å². The molecule has 0 spiro atoms. The molecule has 0 aromatic carbocycles. The summed E-state index contributed by atoms with van der Waals surface area (Å²) in [7, 11) is 0.